The molecular formula is C16H19NO. The van der Waals surface area contributed by atoms with Gasteiger partial charge in [0.25, 0.3) is 0 Å². The number of nitrogens with zero attached hydrogens (tertiary/aromatic N) is 1. The zero-order valence-corrected chi connectivity index (χ0v) is 11.0. The summed E-state index contributed by atoms with van der Waals surface area (Å²) in [5.41, 5.74) is 1.20. The first-order valence-electron chi connectivity index (χ1n) is 6.61. The molecule has 0 saturated heterocycles. The summed E-state index contributed by atoms with van der Waals surface area (Å²) in [7, 11) is 0. The maximum absolute atomic E-state index is 11.0. The third-order valence-corrected chi connectivity index (χ3v) is 4.54. The lowest BCUT2D eigenvalue weighted by molar-refractivity contribution is -0.0484. The molecule has 18 heavy (non-hydrogen) atoms. The van der Waals surface area contributed by atoms with E-state index in [1.54, 1.807) is 6.20 Å². The SMILES string of the molecule is CC1(C)CCCC1(O)c1ccc2cccnc2c1. The molecule has 0 amide bonds. The van der Waals surface area contributed by atoms with Gasteiger partial charge in [0, 0.05) is 11.6 Å². The summed E-state index contributed by atoms with van der Waals surface area (Å²) in [6, 6.07) is 10.1. The van der Waals surface area contributed by atoms with E-state index in [2.05, 4.69) is 37.0 Å². The molecule has 3 rings (SSSR count). The van der Waals surface area contributed by atoms with Gasteiger partial charge in [0.05, 0.1) is 11.1 Å². The Labute approximate surface area is 108 Å². The van der Waals surface area contributed by atoms with E-state index in [1.807, 2.05) is 12.1 Å². The maximum atomic E-state index is 11.0. The summed E-state index contributed by atoms with van der Waals surface area (Å²) in [6.45, 7) is 4.31. The van der Waals surface area contributed by atoms with Crippen molar-refractivity contribution in [2.45, 2.75) is 38.7 Å². The molecule has 1 aliphatic rings. The van der Waals surface area contributed by atoms with Crippen LogP contribution in [0.2, 0.25) is 0 Å². The van der Waals surface area contributed by atoms with Crippen molar-refractivity contribution in [3.05, 3.63) is 42.1 Å². The summed E-state index contributed by atoms with van der Waals surface area (Å²) in [5.74, 6) is 0. The summed E-state index contributed by atoms with van der Waals surface area (Å²) >= 11 is 0. The number of benzene rings is 1. The minimum Gasteiger partial charge on any atom is -0.385 e. The first-order valence-corrected chi connectivity index (χ1v) is 6.61. The fourth-order valence-corrected chi connectivity index (χ4v) is 3.19. The molecule has 1 saturated carbocycles. The Morgan fingerprint density at radius 2 is 2.00 bits per heavy atom. The van der Waals surface area contributed by atoms with Crippen LogP contribution in [0.4, 0.5) is 0 Å². The number of hydrogen-bond acceptors (Lipinski definition) is 2. The number of aliphatic hydroxyl groups is 1. The van der Waals surface area contributed by atoms with Crippen molar-refractivity contribution in [1.29, 1.82) is 0 Å². The van der Waals surface area contributed by atoms with Gasteiger partial charge in [0.1, 0.15) is 0 Å². The predicted octanol–water partition coefficient (Wildman–Crippen LogP) is 3.63. The van der Waals surface area contributed by atoms with Crippen molar-refractivity contribution in [3.63, 3.8) is 0 Å². The molecule has 1 N–H and O–H groups in total. The highest BCUT2D eigenvalue weighted by Crippen LogP contribution is 2.52. The molecule has 2 aromatic rings. The molecule has 1 aromatic heterocycles. The normalized spacial score (nSPS) is 26.6. The first-order chi connectivity index (χ1) is 8.53. The van der Waals surface area contributed by atoms with E-state index in [4.69, 9.17) is 0 Å². The summed E-state index contributed by atoms with van der Waals surface area (Å²) < 4.78 is 0. The number of aromatic nitrogens is 1. The van der Waals surface area contributed by atoms with Crippen molar-refractivity contribution < 1.29 is 5.11 Å². The number of hydrogen-bond donors (Lipinski definition) is 1. The van der Waals surface area contributed by atoms with Crippen LogP contribution in [0.5, 0.6) is 0 Å². The topological polar surface area (TPSA) is 33.1 Å². The fourth-order valence-electron chi connectivity index (χ4n) is 3.19. The second-order valence-corrected chi connectivity index (χ2v) is 6.01. The van der Waals surface area contributed by atoms with Crippen LogP contribution in [0.15, 0.2) is 36.5 Å². The van der Waals surface area contributed by atoms with Crippen LogP contribution in [0.1, 0.15) is 38.7 Å². The minimum atomic E-state index is -0.710. The Morgan fingerprint density at radius 3 is 2.72 bits per heavy atom. The molecule has 0 bridgehead atoms. The summed E-state index contributed by atoms with van der Waals surface area (Å²) in [5, 5.41) is 12.1. The average Bonchev–Trinajstić information content (AvgIpc) is 2.64. The molecule has 0 radical (unpaired) electrons. The fraction of sp³-hybridized carbons (Fsp3) is 0.438. The number of rotatable bonds is 1. The van der Waals surface area contributed by atoms with E-state index in [-0.39, 0.29) is 5.41 Å². The predicted molar refractivity (Wildman–Crippen MR) is 73.3 cm³/mol. The summed E-state index contributed by atoms with van der Waals surface area (Å²) in [4.78, 5) is 4.38. The first kappa shape index (κ1) is 11.7. The lowest BCUT2D eigenvalue weighted by Crippen LogP contribution is -2.36. The molecule has 1 aromatic carbocycles. The van der Waals surface area contributed by atoms with Gasteiger partial charge in [-0.1, -0.05) is 32.0 Å². The van der Waals surface area contributed by atoms with Gasteiger partial charge in [0.2, 0.25) is 0 Å². The quantitative estimate of drug-likeness (QED) is 0.827. The average molecular weight is 241 g/mol. The van der Waals surface area contributed by atoms with Gasteiger partial charge in [-0.2, -0.15) is 0 Å². The van der Waals surface area contributed by atoms with Gasteiger partial charge in [-0.15, -0.1) is 0 Å². The van der Waals surface area contributed by atoms with Crippen molar-refractivity contribution >= 4 is 10.9 Å². The second kappa shape index (κ2) is 3.79. The Hall–Kier alpha value is -1.41. The van der Waals surface area contributed by atoms with Crippen LogP contribution in [-0.4, -0.2) is 10.1 Å². The van der Waals surface area contributed by atoms with E-state index < -0.39 is 5.60 Å². The van der Waals surface area contributed by atoms with Crippen LogP contribution < -0.4 is 0 Å². The molecule has 2 heteroatoms. The standard InChI is InChI=1S/C16H19NO/c1-15(2)8-4-9-16(15,18)13-7-6-12-5-3-10-17-14(12)11-13/h3,5-7,10-11,18H,4,8-9H2,1-2H3. The van der Waals surface area contributed by atoms with Gasteiger partial charge in [0.15, 0.2) is 0 Å². The van der Waals surface area contributed by atoms with Gasteiger partial charge >= 0.3 is 0 Å². The van der Waals surface area contributed by atoms with Crippen molar-refractivity contribution in [3.8, 4) is 0 Å². The van der Waals surface area contributed by atoms with Gasteiger partial charge in [-0.3, -0.25) is 4.98 Å². The van der Waals surface area contributed by atoms with E-state index in [1.165, 1.54) is 0 Å². The van der Waals surface area contributed by atoms with E-state index in [0.717, 1.165) is 35.7 Å². The van der Waals surface area contributed by atoms with Gasteiger partial charge < -0.3 is 5.11 Å². The van der Waals surface area contributed by atoms with Crippen molar-refractivity contribution in [2.75, 3.05) is 0 Å². The molecule has 1 atom stereocenters. The highest BCUT2D eigenvalue weighted by Gasteiger charge is 2.48. The van der Waals surface area contributed by atoms with Gasteiger partial charge in [-0.25, -0.2) is 0 Å². The van der Waals surface area contributed by atoms with Crippen LogP contribution in [0.3, 0.4) is 0 Å². The molecule has 0 spiro atoms. The van der Waals surface area contributed by atoms with Crippen LogP contribution in [0, 0.1) is 5.41 Å². The molecule has 1 aliphatic carbocycles. The lowest BCUT2D eigenvalue weighted by Gasteiger charge is -2.37. The van der Waals surface area contributed by atoms with Crippen LogP contribution in [0.25, 0.3) is 10.9 Å². The minimum absolute atomic E-state index is 0.0601. The maximum Gasteiger partial charge on any atom is 0.0947 e. The van der Waals surface area contributed by atoms with Crippen LogP contribution in [-0.2, 0) is 5.60 Å². The Kier molecular flexibility index (Phi) is 2.46. The van der Waals surface area contributed by atoms with E-state index >= 15 is 0 Å². The highest BCUT2D eigenvalue weighted by molar-refractivity contribution is 5.79. The van der Waals surface area contributed by atoms with Gasteiger partial charge in [-0.05, 0) is 42.4 Å². The van der Waals surface area contributed by atoms with Crippen molar-refractivity contribution in [2.24, 2.45) is 5.41 Å². The molecule has 0 aliphatic heterocycles. The number of fused-ring (bicyclic) bond motifs is 1. The van der Waals surface area contributed by atoms with E-state index in [9.17, 15) is 5.11 Å². The molecule has 1 heterocycles. The molecular weight excluding hydrogens is 222 g/mol. The largest absolute Gasteiger partial charge is 0.385 e. The second-order valence-electron chi connectivity index (χ2n) is 6.01. The zero-order chi connectivity index (χ0) is 12.8. The third kappa shape index (κ3) is 1.56. The Balaban J connectivity index is 2.14. The molecule has 1 fully saturated rings. The zero-order valence-electron chi connectivity index (χ0n) is 11.0. The Bertz CT molecular complexity index is 590. The third-order valence-electron chi connectivity index (χ3n) is 4.54. The summed E-state index contributed by atoms with van der Waals surface area (Å²) in [6.07, 6.45) is 4.81. The smallest absolute Gasteiger partial charge is 0.0947 e. The molecule has 94 valence electrons. The lowest BCUT2D eigenvalue weighted by atomic mass is 9.73. The van der Waals surface area contributed by atoms with E-state index in [0.29, 0.717) is 0 Å². The highest BCUT2D eigenvalue weighted by atomic mass is 16.3. The van der Waals surface area contributed by atoms with Crippen LogP contribution >= 0.6 is 0 Å². The molecule has 2 nitrogen and oxygen atoms in total. The number of pyridine rings is 1. The monoisotopic (exact) mass is 241 g/mol. The van der Waals surface area contributed by atoms with Crippen molar-refractivity contribution in [1.82, 2.24) is 4.98 Å². The Morgan fingerprint density at radius 1 is 1.17 bits per heavy atom. The molecule has 1 unspecified atom stereocenters.